The van der Waals surface area contributed by atoms with Crippen LogP contribution in [0.15, 0.2) is 30.6 Å². The number of carbonyl (C=O) groups excluding carboxylic acids is 1. The van der Waals surface area contributed by atoms with Crippen molar-refractivity contribution in [2.75, 3.05) is 6.54 Å². The Kier molecular flexibility index (Phi) is 4.51. The van der Waals surface area contributed by atoms with Crippen molar-refractivity contribution < 1.29 is 18.0 Å². The van der Waals surface area contributed by atoms with Gasteiger partial charge in [-0.15, -0.1) is 5.10 Å². The van der Waals surface area contributed by atoms with Crippen LogP contribution in [0.4, 0.5) is 13.2 Å². The molecule has 2 aromatic rings. The smallest absolute Gasteiger partial charge is 0.354 e. The van der Waals surface area contributed by atoms with E-state index in [2.05, 4.69) is 20.8 Å². The first-order valence-electron chi connectivity index (χ1n) is 6.09. The number of carbonyl (C=O) groups is 1. The van der Waals surface area contributed by atoms with E-state index in [-0.39, 0.29) is 12.5 Å². The standard InChI is InChI=1S/C12H12F3N5O/c13-12(14,15)10-3-1-9(2-4-10)5-6-16-11(21)7-20-8-17-18-19-20/h1-4,8H,5-7H2,(H,16,21). The lowest BCUT2D eigenvalue weighted by Crippen LogP contribution is -2.29. The summed E-state index contributed by atoms with van der Waals surface area (Å²) < 4.78 is 38.4. The third kappa shape index (κ3) is 4.55. The maximum absolute atomic E-state index is 12.4. The van der Waals surface area contributed by atoms with E-state index in [1.165, 1.54) is 23.1 Å². The number of amides is 1. The highest BCUT2D eigenvalue weighted by molar-refractivity contribution is 5.75. The molecular weight excluding hydrogens is 287 g/mol. The minimum Gasteiger partial charge on any atom is -0.354 e. The van der Waals surface area contributed by atoms with Gasteiger partial charge in [0.2, 0.25) is 5.91 Å². The molecule has 0 spiro atoms. The molecule has 0 aliphatic rings. The van der Waals surface area contributed by atoms with E-state index in [1.54, 1.807) is 0 Å². The molecule has 0 unspecified atom stereocenters. The molecule has 0 aliphatic heterocycles. The molecule has 1 amide bonds. The predicted octanol–water partition coefficient (Wildman–Crippen LogP) is 1.05. The van der Waals surface area contributed by atoms with Crippen LogP contribution in [0, 0.1) is 0 Å². The van der Waals surface area contributed by atoms with E-state index in [0.29, 0.717) is 18.5 Å². The summed E-state index contributed by atoms with van der Waals surface area (Å²) in [6, 6.07) is 4.85. The maximum atomic E-state index is 12.4. The number of nitrogens with zero attached hydrogens (tertiary/aromatic N) is 4. The van der Waals surface area contributed by atoms with Crippen LogP contribution >= 0.6 is 0 Å². The van der Waals surface area contributed by atoms with Gasteiger partial charge in [-0.3, -0.25) is 4.79 Å². The Morgan fingerprint density at radius 2 is 1.95 bits per heavy atom. The Balaban J connectivity index is 1.77. The molecule has 6 nitrogen and oxygen atoms in total. The van der Waals surface area contributed by atoms with E-state index in [0.717, 1.165) is 12.1 Å². The van der Waals surface area contributed by atoms with Crippen LogP contribution in [0.5, 0.6) is 0 Å². The molecule has 0 radical (unpaired) electrons. The van der Waals surface area contributed by atoms with Crippen LogP contribution in [0.1, 0.15) is 11.1 Å². The average Bonchev–Trinajstić information content (AvgIpc) is 2.91. The van der Waals surface area contributed by atoms with Gasteiger partial charge < -0.3 is 5.32 Å². The van der Waals surface area contributed by atoms with Gasteiger partial charge in [-0.25, -0.2) is 4.68 Å². The molecule has 0 atom stereocenters. The van der Waals surface area contributed by atoms with Gasteiger partial charge in [0.25, 0.3) is 0 Å². The Morgan fingerprint density at radius 1 is 1.24 bits per heavy atom. The van der Waals surface area contributed by atoms with Gasteiger partial charge in [-0.05, 0) is 34.5 Å². The molecule has 0 saturated heterocycles. The molecule has 112 valence electrons. The Bertz CT molecular complexity index is 580. The lowest BCUT2D eigenvalue weighted by molar-refractivity contribution is -0.137. The fourth-order valence-corrected chi connectivity index (χ4v) is 1.66. The summed E-state index contributed by atoms with van der Waals surface area (Å²) in [6.07, 6.45) is -2.58. The zero-order chi connectivity index (χ0) is 15.3. The third-order valence-electron chi connectivity index (χ3n) is 2.71. The molecular formula is C12H12F3N5O. The zero-order valence-corrected chi connectivity index (χ0v) is 10.8. The zero-order valence-electron chi connectivity index (χ0n) is 10.8. The summed E-state index contributed by atoms with van der Waals surface area (Å²) in [4.78, 5) is 11.5. The number of nitrogens with one attached hydrogen (secondary N) is 1. The van der Waals surface area contributed by atoms with Gasteiger partial charge in [0.15, 0.2) is 0 Å². The van der Waals surface area contributed by atoms with Crippen molar-refractivity contribution in [3.05, 3.63) is 41.7 Å². The van der Waals surface area contributed by atoms with Crippen molar-refractivity contribution in [3.8, 4) is 0 Å². The van der Waals surface area contributed by atoms with E-state index in [9.17, 15) is 18.0 Å². The molecule has 1 aromatic carbocycles. The molecule has 21 heavy (non-hydrogen) atoms. The average molecular weight is 299 g/mol. The van der Waals surface area contributed by atoms with Gasteiger partial charge in [0, 0.05) is 6.54 Å². The quantitative estimate of drug-likeness (QED) is 0.895. The molecule has 0 aliphatic carbocycles. The fraction of sp³-hybridized carbons (Fsp3) is 0.333. The van der Waals surface area contributed by atoms with E-state index in [1.807, 2.05) is 0 Å². The van der Waals surface area contributed by atoms with Gasteiger partial charge in [-0.2, -0.15) is 13.2 Å². The summed E-state index contributed by atoms with van der Waals surface area (Å²) in [5.41, 5.74) is 0.0275. The maximum Gasteiger partial charge on any atom is 0.416 e. The predicted molar refractivity (Wildman–Crippen MR) is 66.0 cm³/mol. The van der Waals surface area contributed by atoms with Gasteiger partial charge in [0.1, 0.15) is 12.9 Å². The molecule has 2 rings (SSSR count). The van der Waals surface area contributed by atoms with Crippen molar-refractivity contribution >= 4 is 5.91 Å². The third-order valence-corrected chi connectivity index (χ3v) is 2.71. The van der Waals surface area contributed by atoms with Crippen molar-refractivity contribution in [3.63, 3.8) is 0 Å². The first-order chi connectivity index (χ1) is 9.95. The summed E-state index contributed by atoms with van der Waals surface area (Å²) in [7, 11) is 0. The molecule has 1 aromatic heterocycles. The van der Waals surface area contributed by atoms with Crippen molar-refractivity contribution in [1.82, 2.24) is 25.5 Å². The summed E-state index contributed by atoms with van der Waals surface area (Å²) >= 11 is 0. The molecule has 9 heteroatoms. The lowest BCUT2D eigenvalue weighted by Gasteiger charge is -2.08. The summed E-state index contributed by atoms with van der Waals surface area (Å²) in [5, 5.41) is 13.0. The highest BCUT2D eigenvalue weighted by Gasteiger charge is 2.29. The second-order valence-corrected chi connectivity index (χ2v) is 4.30. The monoisotopic (exact) mass is 299 g/mol. The van der Waals surface area contributed by atoms with Gasteiger partial charge in [0.05, 0.1) is 5.56 Å². The van der Waals surface area contributed by atoms with Crippen molar-refractivity contribution in [1.29, 1.82) is 0 Å². The van der Waals surface area contributed by atoms with Crippen molar-refractivity contribution in [2.45, 2.75) is 19.1 Å². The van der Waals surface area contributed by atoms with Crippen LogP contribution in [0.3, 0.4) is 0 Å². The minimum absolute atomic E-state index is 0.0000115. The topological polar surface area (TPSA) is 72.7 Å². The Morgan fingerprint density at radius 3 is 2.52 bits per heavy atom. The first-order valence-corrected chi connectivity index (χ1v) is 6.09. The molecule has 0 fully saturated rings. The Labute approximate surface area is 118 Å². The summed E-state index contributed by atoms with van der Waals surface area (Å²) in [5.74, 6) is -0.269. The number of rotatable bonds is 5. The number of hydrogen-bond acceptors (Lipinski definition) is 4. The van der Waals surface area contributed by atoms with Crippen LogP contribution in [0.2, 0.25) is 0 Å². The second kappa shape index (κ2) is 6.33. The minimum atomic E-state index is -4.33. The highest BCUT2D eigenvalue weighted by atomic mass is 19.4. The van der Waals surface area contributed by atoms with Crippen LogP contribution in [-0.4, -0.2) is 32.7 Å². The van der Waals surface area contributed by atoms with Gasteiger partial charge >= 0.3 is 6.18 Å². The van der Waals surface area contributed by atoms with Crippen molar-refractivity contribution in [2.24, 2.45) is 0 Å². The van der Waals surface area contributed by atoms with E-state index < -0.39 is 11.7 Å². The molecule has 1 heterocycles. The summed E-state index contributed by atoms with van der Waals surface area (Å²) in [6.45, 7) is 0.326. The second-order valence-electron chi connectivity index (χ2n) is 4.30. The Hall–Kier alpha value is -2.45. The first kappa shape index (κ1) is 14.9. The van der Waals surface area contributed by atoms with Crippen LogP contribution in [-0.2, 0) is 23.9 Å². The lowest BCUT2D eigenvalue weighted by atomic mass is 10.1. The van der Waals surface area contributed by atoms with Crippen LogP contribution < -0.4 is 5.32 Å². The molecule has 0 bridgehead atoms. The normalized spacial score (nSPS) is 11.4. The van der Waals surface area contributed by atoms with Crippen LogP contribution in [0.25, 0.3) is 0 Å². The van der Waals surface area contributed by atoms with E-state index >= 15 is 0 Å². The largest absolute Gasteiger partial charge is 0.416 e. The van der Waals surface area contributed by atoms with Gasteiger partial charge in [-0.1, -0.05) is 12.1 Å². The van der Waals surface area contributed by atoms with E-state index in [4.69, 9.17) is 0 Å². The number of halogens is 3. The number of aromatic nitrogens is 4. The highest BCUT2D eigenvalue weighted by Crippen LogP contribution is 2.29. The number of benzene rings is 1. The number of tetrazole rings is 1. The molecule has 1 N–H and O–H groups in total. The fourth-order valence-electron chi connectivity index (χ4n) is 1.66. The number of alkyl halides is 3. The number of hydrogen-bond donors (Lipinski definition) is 1. The SMILES string of the molecule is O=C(Cn1cnnn1)NCCc1ccc(C(F)(F)F)cc1. The molecule has 0 saturated carbocycles.